The number of halogens is 1. The largest absolute Gasteiger partial charge is 0.481 e. The zero-order valence-corrected chi connectivity index (χ0v) is 11.3. The molecule has 0 spiro atoms. The molecule has 0 bridgehead atoms. The summed E-state index contributed by atoms with van der Waals surface area (Å²) in [7, 11) is 0. The molecular formula is C12H14ClNO3S. The Bertz CT molecular complexity index is 408. The average Bonchev–Trinajstić information content (AvgIpc) is 2.31. The molecule has 6 heteroatoms. The number of carboxylic acids is 1. The van der Waals surface area contributed by atoms with Gasteiger partial charge in [0.15, 0.2) is 0 Å². The molecule has 0 unspecified atom stereocenters. The zero-order chi connectivity index (χ0) is 13.4. The lowest BCUT2D eigenvalue weighted by atomic mass is 10.3. The van der Waals surface area contributed by atoms with Gasteiger partial charge < -0.3 is 10.4 Å². The van der Waals surface area contributed by atoms with Crippen LogP contribution in [0.1, 0.15) is 12.8 Å². The number of nitrogens with one attached hydrogen (secondary N) is 1. The highest BCUT2D eigenvalue weighted by Crippen LogP contribution is 2.14. The first-order chi connectivity index (χ1) is 8.58. The number of benzene rings is 1. The second-order valence-electron chi connectivity index (χ2n) is 3.60. The Labute approximate surface area is 115 Å². The predicted molar refractivity (Wildman–Crippen MR) is 74.3 cm³/mol. The fourth-order valence-electron chi connectivity index (χ4n) is 1.25. The van der Waals surface area contributed by atoms with E-state index in [2.05, 4.69) is 5.32 Å². The fraction of sp³-hybridized carbons (Fsp3) is 0.333. The molecular weight excluding hydrogens is 274 g/mol. The Hall–Kier alpha value is -1.20. The summed E-state index contributed by atoms with van der Waals surface area (Å²) in [6.07, 6.45) is 1.05. The number of thioether (sulfide) groups is 1. The molecule has 0 radical (unpaired) electrons. The number of hydrogen-bond acceptors (Lipinski definition) is 3. The van der Waals surface area contributed by atoms with Crippen LogP contribution < -0.4 is 5.32 Å². The number of aliphatic carboxylic acids is 1. The molecule has 0 aliphatic rings. The standard InChI is InChI=1S/C12H14ClNO3S/c13-9-3-5-10(6-4-9)14-11(15)2-1-7-18-8-12(16)17/h3-6H,1-2,7-8H2,(H,14,15)(H,16,17). The minimum atomic E-state index is -0.828. The van der Waals surface area contributed by atoms with E-state index in [0.29, 0.717) is 29.3 Å². The molecule has 18 heavy (non-hydrogen) atoms. The quantitative estimate of drug-likeness (QED) is 0.757. The maximum absolute atomic E-state index is 11.5. The van der Waals surface area contributed by atoms with Crippen LogP contribution in [0.25, 0.3) is 0 Å². The van der Waals surface area contributed by atoms with E-state index in [4.69, 9.17) is 16.7 Å². The van der Waals surface area contributed by atoms with Crippen LogP contribution in [0.3, 0.4) is 0 Å². The Morgan fingerprint density at radius 3 is 2.56 bits per heavy atom. The van der Waals surface area contributed by atoms with Gasteiger partial charge in [-0.05, 0) is 36.4 Å². The maximum atomic E-state index is 11.5. The summed E-state index contributed by atoms with van der Waals surface area (Å²) in [5.41, 5.74) is 0.711. The number of carboxylic acid groups (broad SMARTS) is 1. The van der Waals surface area contributed by atoms with Crippen molar-refractivity contribution in [3.63, 3.8) is 0 Å². The van der Waals surface area contributed by atoms with Gasteiger partial charge in [0.25, 0.3) is 0 Å². The molecule has 0 aliphatic carbocycles. The van der Waals surface area contributed by atoms with Crippen molar-refractivity contribution in [2.45, 2.75) is 12.8 Å². The van der Waals surface area contributed by atoms with Crippen LogP contribution in [0.2, 0.25) is 5.02 Å². The van der Waals surface area contributed by atoms with Gasteiger partial charge in [-0.15, -0.1) is 0 Å². The number of amides is 1. The van der Waals surface area contributed by atoms with Crippen LogP contribution in [-0.4, -0.2) is 28.5 Å². The smallest absolute Gasteiger partial charge is 0.313 e. The lowest BCUT2D eigenvalue weighted by molar-refractivity contribution is -0.133. The number of anilines is 1. The van der Waals surface area contributed by atoms with Crippen LogP contribution in [0.4, 0.5) is 5.69 Å². The fourth-order valence-corrected chi connectivity index (χ4v) is 2.04. The first-order valence-electron chi connectivity index (χ1n) is 5.43. The van der Waals surface area contributed by atoms with Crippen molar-refractivity contribution in [3.05, 3.63) is 29.3 Å². The molecule has 0 saturated carbocycles. The normalized spacial score (nSPS) is 10.1. The van der Waals surface area contributed by atoms with Gasteiger partial charge in [0, 0.05) is 17.1 Å². The Kier molecular flexibility index (Phi) is 6.60. The molecule has 0 atom stereocenters. The Morgan fingerprint density at radius 1 is 1.28 bits per heavy atom. The lowest BCUT2D eigenvalue weighted by Gasteiger charge is -2.04. The van der Waals surface area contributed by atoms with Crippen LogP contribution in [0.5, 0.6) is 0 Å². The number of rotatable bonds is 7. The van der Waals surface area contributed by atoms with E-state index in [1.807, 2.05) is 0 Å². The molecule has 0 heterocycles. The van der Waals surface area contributed by atoms with Crippen LogP contribution in [0.15, 0.2) is 24.3 Å². The number of carbonyl (C=O) groups is 2. The third kappa shape index (κ3) is 6.51. The van der Waals surface area contributed by atoms with E-state index in [0.717, 1.165) is 0 Å². The van der Waals surface area contributed by atoms with E-state index in [1.54, 1.807) is 24.3 Å². The summed E-state index contributed by atoms with van der Waals surface area (Å²) >= 11 is 7.04. The summed E-state index contributed by atoms with van der Waals surface area (Å²) < 4.78 is 0. The van der Waals surface area contributed by atoms with Crippen molar-refractivity contribution in [1.82, 2.24) is 0 Å². The van der Waals surface area contributed by atoms with Crippen molar-refractivity contribution in [3.8, 4) is 0 Å². The third-order valence-electron chi connectivity index (χ3n) is 2.05. The summed E-state index contributed by atoms with van der Waals surface area (Å²) in [6.45, 7) is 0. The molecule has 0 aliphatic heterocycles. The van der Waals surface area contributed by atoms with Crippen LogP contribution >= 0.6 is 23.4 Å². The van der Waals surface area contributed by atoms with Crippen molar-refractivity contribution < 1.29 is 14.7 Å². The van der Waals surface area contributed by atoms with Crippen LogP contribution in [0, 0.1) is 0 Å². The first-order valence-corrected chi connectivity index (χ1v) is 6.96. The van der Waals surface area contributed by atoms with E-state index < -0.39 is 5.97 Å². The minimum Gasteiger partial charge on any atom is -0.481 e. The van der Waals surface area contributed by atoms with Gasteiger partial charge in [0.1, 0.15) is 0 Å². The maximum Gasteiger partial charge on any atom is 0.313 e. The van der Waals surface area contributed by atoms with Gasteiger partial charge in [-0.25, -0.2) is 0 Å². The second-order valence-corrected chi connectivity index (χ2v) is 5.15. The predicted octanol–water partition coefficient (Wildman–Crippen LogP) is 2.88. The molecule has 1 aromatic rings. The highest BCUT2D eigenvalue weighted by atomic mass is 35.5. The molecule has 0 aromatic heterocycles. The second kappa shape index (κ2) is 8.00. The Balaban J connectivity index is 2.17. The van der Waals surface area contributed by atoms with Crippen molar-refractivity contribution in [1.29, 1.82) is 0 Å². The van der Waals surface area contributed by atoms with Gasteiger partial charge in [0.2, 0.25) is 5.91 Å². The summed E-state index contributed by atoms with van der Waals surface area (Å²) in [5.74, 6) is -0.155. The molecule has 0 fully saturated rings. The topological polar surface area (TPSA) is 66.4 Å². The van der Waals surface area contributed by atoms with Crippen molar-refractivity contribution in [2.24, 2.45) is 0 Å². The summed E-state index contributed by atoms with van der Waals surface area (Å²) in [4.78, 5) is 21.8. The van der Waals surface area contributed by atoms with E-state index in [9.17, 15) is 9.59 Å². The molecule has 1 amide bonds. The van der Waals surface area contributed by atoms with E-state index >= 15 is 0 Å². The first kappa shape index (κ1) is 14.9. The molecule has 1 aromatic carbocycles. The van der Waals surface area contributed by atoms with Gasteiger partial charge in [0.05, 0.1) is 5.75 Å². The third-order valence-corrected chi connectivity index (χ3v) is 3.33. The lowest BCUT2D eigenvalue weighted by Crippen LogP contribution is -2.11. The van der Waals surface area contributed by atoms with Gasteiger partial charge in [-0.1, -0.05) is 11.6 Å². The van der Waals surface area contributed by atoms with Gasteiger partial charge >= 0.3 is 5.97 Å². The minimum absolute atomic E-state index is 0.0757. The summed E-state index contributed by atoms with van der Waals surface area (Å²) in [6, 6.07) is 6.89. The SMILES string of the molecule is O=C(O)CSCCCC(=O)Nc1ccc(Cl)cc1. The van der Waals surface area contributed by atoms with Gasteiger partial charge in [-0.3, -0.25) is 9.59 Å². The van der Waals surface area contributed by atoms with E-state index in [1.165, 1.54) is 11.8 Å². The molecule has 98 valence electrons. The van der Waals surface area contributed by atoms with Crippen molar-refractivity contribution in [2.75, 3.05) is 16.8 Å². The molecule has 0 saturated heterocycles. The number of hydrogen-bond donors (Lipinski definition) is 2. The molecule has 2 N–H and O–H groups in total. The highest BCUT2D eigenvalue weighted by Gasteiger charge is 2.03. The highest BCUT2D eigenvalue weighted by molar-refractivity contribution is 7.99. The summed E-state index contributed by atoms with van der Waals surface area (Å²) in [5, 5.41) is 11.8. The van der Waals surface area contributed by atoms with E-state index in [-0.39, 0.29) is 11.7 Å². The number of carbonyl (C=O) groups excluding carboxylic acids is 1. The average molecular weight is 288 g/mol. The molecule has 4 nitrogen and oxygen atoms in total. The Morgan fingerprint density at radius 2 is 1.94 bits per heavy atom. The molecule has 1 rings (SSSR count). The van der Waals surface area contributed by atoms with Gasteiger partial charge in [-0.2, -0.15) is 11.8 Å². The monoisotopic (exact) mass is 287 g/mol. The van der Waals surface area contributed by atoms with Crippen molar-refractivity contribution >= 4 is 40.9 Å². The van der Waals surface area contributed by atoms with Crippen LogP contribution in [-0.2, 0) is 9.59 Å². The zero-order valence-electron chi connectivity index (χ0n) is 9.69.